The Bertz CT molecular complexity index is 487. The number of nitrogens with zero attached hydrogens (tertiary/aromatic N) is 1. The molecule has 1 saturated heterocycles. The van der Waals surface area contributed by atoms with Crippen molar-refractivity contribution in [1.82, 2.24) is 10.2 Å². The van der Waals surface area contributed by atoms with Gasteiger partial charge in [-0.25, -0.2) is 9.59 Å². The molecule has 1 aromatic carbocycles. The van der Waals surface area contributed by atoms with Gasteiger partial charge in [-0.3, -0.25) is 0 Å². The summed E-state index contributed by atoms with van der Waals surface area (Å²) in [5.41, 5.74) is 0.779. The zero-order valence-corrected chi connectivity index (χ0v) is 11.4. The number of carboxylic acid groups (broad SMARTS) is 1. The van der Waals surface area contributed by atoms with Crippen LogP contribution in [0.15, 0.2) is 24.3 Å². The number of hydrogen-bond donors (Lipinski definition) is 3. The lowest BCUT2D eigenvalue weighted by Gasteiger charge is -2.12. The number of urea groups is 1. The lowest BCUT2D eigenvalue weighted by atomic mass is 10.1. The van der Waals surface area contributed by atoms with Crippen molar-refractivity contribution in [2.24, 2.45) is 5.92 Å². The van der Waals surface area contributed by atoms with Crippen LogP contribution >= 0.6 is 0 Å². The fraction of sp³-hybridized carbons (Fsp3) is 0.429. The van der Waals surface area contributed by atoms with Crippen molar-refractivity contribution in [2.45, 2.75) is 6.42 Å². The van der Waals surface area contributed by atoms with Gasteiger partial charge in [-0.1, -0.05) is 0 Å². The lowest BCUT2D eigenvalue weighted by molar-refractivity contribution is 0.0697. The number of carbonyl (C=O) groups excluding carboxylic acids is 1. The molecule has 6 heteroatoms. The van der Waals surface area contributed by atoms with E-state index in [4.69, 9.17) is 5.11 Å². The smallest absolute Gasteiger partial charge is 0.335 e. The van der Waals surface area contributed by atoms with Crippen LogP contribution in [0.5, 0.6) is 0 Å². The summed E-state index contributed by atoms with van der Waals surface area (Å²) in [6, 6.07) is 5.81. The summed E-state index contributed by atoms with van der Waals surface area (Å²) < 4.78 is 0. The fourth-order valence-corrected chi connectivity index (χ4v) is 2.30. The number of carbonyl (C=O) groups is 2. The lowest BCUT2D eigenvalue weighted by Crippen LogP contribution is -2.33. The van der Waals surface area contributed by atoms with Crippen LogP contribution in [0, 0.1) is 5.92 Å². The molecule has 2 amide bonds. The van der Waals surface area contributed by atoms with E-state index in [0.29, 0.717) is 18.2 Å². The number of anilines is 1. The molecule has 1 aliphatic rings. The maximum absolute atomic E-state index is 11.7. The van der Waals surface area contributed by atoms with E-state index in [0.717, 1.165) is 19.5 Å². The third-order valence-electron chi connectivity index (χ3n) is 3.43. The molecule has 1 aromatic rings. The largest absolute Gasteiger partial charge is 0.478 e. The first kappa shape index (κ1) is 14.3. The minimum atomic E-state index is -0.980. The Morgan fingerprint density at radius 3 is 2.60 bits per heavy atom. The molecule has 1 aliphatic heterocycles. The molecule has 0 spiro atoms. The Labute approximate surface area is 117 Å². The molecule has 108 valence electrons. The first-order valence-corrected chi connectivity index (χ1v) is 6.61. The summed E-state index contributed by atoms with van der Waals surface area (Å²) in [5.74, 6) is -0.480. The first-order valence-electron chi connectivity index (χ1n) is 6.61. The second kappa shape index (κ2) is 6.38. The predicted octanol–water partition coefficient (Wildman–Crippen LogP) is 1.46. The number of nitrogens with one attached hydrogen (secondary N) is 2. The van der Waals surface area contributed by atoms with Gasteiger partial charge in [-0.05, 0) is 50.2 Å². The van der Waals surface area contributed by atoms with Crippen LogP contribution in [-0.4, -0.2) is 48.7 Å². The molecule has 1 fully saturated rings. The quantitative estimate of drug-likeness (QED) is 0.778. The summed E-state index contributed by atoms with van der Waals surface area (Å²) in [5, 5.41) is 14.3. The second-order valence-corrected chi connectivity index (χ2v) is 5.13. The van der Waals surface area contributed by atoms with Gasteiger partial charge in [0, 0.05) is 18.8 Å². The zero-order chi connectivity index (χ0) is 14.5. The van der Waals surface area contributed by atoms with Crippen LogP contribution in [0.3, 0.4) is 0 Å². The Hall–Kier alpha value is -2.08. The van der Waals surface area contributed by atoms with Crippen molar-refractivity contribution >= 4 is 17.7 Å². The Morgan fingerprint density at radius 2 is 2.05 bits per heavy atom. The van der Waals surface area contributed by atoms with Gasteiger partial charge in [-0.2, -0.15) is 0 Å². The van der Waals surface area contributed by atoms with Crippen LogP contribution in [0.4, 0.5) is 10.5 Å². The van der Waals surface area contributed by atoms with Crippen molar-refractivity contribution in [3.63, 3.8) is 0 Å². The second-order valence-electron chi connectivity index (χ2n) is 5.13. The average Bonchev–Trinajstić information content (AvgIpc) is 2.83. The van der Waals surface area contributed by atoms with Crippen molar-refractivity contribution in [1.29, 1.82) is 0 Å². The molecule has 0 aliphatic carbocycles. The molecule has 1 atom stereocenters. The van der Waals surface area contributed by atoms with Crippen molar-refractivity contribution in [2.75, 3.05) is 32.0 Å². The van der Waals surface area contributed by atoms with Gasteiger partial charge in [0.15, 0.2) is 0 Å². The number of hydrogen-bond acceptors (Lipinski definition) is 3. The first-order chi connectivity index (χ1) is 9.54. The van der Waals surface area contributed by atoms with Gasteiger partial charge in [-0.15, -0.1) is 0 Å². The maximum Gasteiger partial charge on any atom is 0.335 e. The molecule has 0 radical (unpaired) electrons. The van der Waals surface area contributed by atoms with Crippen molar-refractivity contribution in [3.05, 3.63) is 29.8 Å². The number of rotatable bonds is 4. The molecular weight excluding hydrogens is 258 g/mol. The molecule has 0 bridgehead atoms. The molecule has 1 heterocycles. The summed E-state index contributed by atoms with van der Waals surface area (Å²) in [6.07, 6.45) is 1.10. The topological polar surface area (TPSA) is 81.7 Å². The van der Waals surface area contributed by atoms with Gasteiger partial charge in [0.2, 0.25) is 0 Å². The van der Waals surface area contributed by atoms with E-state index >= 15 is 0 Å². The average molecular weight is 277 g/mol. The van der Waals surface area contributed by atoms with Crippen LogP contribution in [0.2, 0.25) is 0 Å². The molecule has 0 saturated carbocycles. The van der Waals surface area contributed by atoms with Gasteiger partial charge in [0.05, 0.1) is 5.56 Å². The highest BCUT2D eigenvalue weighted by atomic mass is 16.4. The highest BCUT2D eigenvalue weighted by molar-refractivity contribution is 5.91. The predicted molar refractivity (Wildman–Crippen MR) is 76.0 cm³/mol. The van der Waals surface area contributed by atoms with E-state index in [-0.39, 0.29) is 11.6 Å². The zero-order valence-electron chi connectivity index (χ0n) is 11.4. The Balaban J connectivity index is 1.77. The van der Waals surface area contributed by atoms with Crippen LogP contribution in [-0.2, 0) is 0 Å². The fourth-order valence-electron chi connectivity index (χ4n) is 2.30. The number of aromatic carboxylic acids is 1. The van der Waals surface area contributed by atoms with E-state index in [9.17, 15) is 9.59 Å². The van der Waals surface area contributed by atoms with Gasteiger partial charge in [0.25, 0.3) is 0 Å². The molecular formula is C14H19N3O3. The van der Waals surface area contributed by atoms with E-state index in [1.807, 2.05) is 0 Å². The molecule has 3 N–H and O–H groups in total. The molecule has 0 aromatic heterocycles. The molecule has 1 unspecified atom stereocenters. The van der Waals surface area contributed by atoms with Crippen molar-refractivity contribution in [3.8, 4) is 0 Å². The third-order valence-corrected chi connectivity index (χ3v) is 3.43. The van der Waals surface area contributed by atoms with Crippen LogP contribution in [0.1, 0.15) is 16.8 Å². The van der Waals surface area contributed by atoms with Crippen LogP contribution < -0.4 is 10.6 Å². The summed E-state index contributed by atoms with van der Waals surface area (Å²) in [4.78, 5) is 24.7. The monoisotopic (exact) mass is 277 g/mol. The highest BCUT2D eigenvalue weighted by Crippen LogP contribution is 2.13. The number of carboxylic acids is 1. The maximum atomic E-state index is 11.7. The van der Waals surface area contributed by atoms with Gasteiger partial charge >= 0.3 is 12.0 Å². The van der Waals surface area contributed by atoms with E-state index in [1.165, 1.54) is 12.1 Å². The highest BCUT2D eigenvalue weighted by Gasteiger charge is 2.19. The molecule has 2 rings (SSSR count). The minimum absolute atomic E-state index is 0.199. The normalized spacial score (nSPS) is 18.8. The van der Waals surface area contributed by atoms with Crippen molar-refractivity contribution < 1.29 is 14.7 Å². The van der Waals surface area contributed by atoms with E-state index in [1.54, 1.807) is 12.1 Å². The minimum Gasteiger partial charge on any atom is -0.478 e. The molecule has 20 heavy (non-hydrogen) atoms. The molecule has 6 nitrogen and oxygen atoms in total. The number of benzene rings is 1. The Morgan fingerprint density at radius 1 is 1.35 bits per heavy atom. The third kappa shape index (κ3) is 3.96. The SMILES string of the molecule is CN1CCC(CNC(=O)Nc2ccc(C(=O)O)cc2)C1. The summed E-state index contributed by atoms with van der Waals surface area (Å²) in [7, 11) is 2.07. The van der Waals surface area contributed by atoms with Crippen LogP contribution in [0.25, 0.3) is 0 Å². The van der Waals surface area contributed by atoms with Gasteiger partial charge in [0.1, 0.15) is 0 Å². The van der Waals surface area contributed by atoms with E-state index < -0.39 is 5.97 Å². The number of likely N-dealkylation sites (tertiary alicyclic amines) is 1. The van der Waals surface area contributed by atoms with Gasteiger partial charge < -0.3 is 20.6 Å². The van der Waals surface area contributed by atoms with E-state index in [2.05, 4.69) is 22.6 Å². The summed E-state index contributed by atoms with van der Waals surface area (Å²) >= 11 is 0. The number of amides is 2. The Kier molecular flexibility index (Phi) is 4.57. The standard InChI is InChI=1S/C14H19N3O3/c1-17-7-6-10(9-17)8-15-14(20)16-12-4-2-11(3-5-12)13(18)19/h2-5,10H,6-9H2,1H3,(H,18,19)(H2,15,16,20). The summed E-state index contributed by atoms with van der Waals surface area (Å²) in [6.45, 7) is 2.74.